The molecule has 0 radical (unpaired) electrons. The van der Waals surface area contributed by atoms with Crippen LogP contribution in [0.15, 0.2) is 24.3 Å². The van der Waals surface area contributed by atoms with Crippen LogP contribution in [0, 0.1) is 0 Å². The summed E-state index contributed by atoms with van der Waals surface area (Å²) >= 11 is 0. The molecule has 1 aliphatic heterocycles. The van der Waals surface area contributed by atoms with Crippen LogP contribution in [0.2, 0.25) is 0 Å². The first-order valence-corrected chi connectivity index (χ1v) is 8.35. The predicted octanol–water partition coefficient (Wildman–Crippen LogP) is 2.26. The summed E-state index contributed by atoms with van der Waals surface area (Å²) in [6.45, 7) is 4.15. The van der Waals surface area contributed by atoms with Crippen molar-refractivity contribution in [2.45, 2.75) is 38.6 Å². The standard InChI is InChI=1S/C18H26N2O3/c1-3-23-16-8-6-14(7-9-16)17(21)10-11-18(22)20-12-4-5-15(20)13-19-2/h6-9,15,19H,3-5,10-13H2,1-2H3. The zero-order valence-corrected chi connectivity index (χ0v) is 14.0. The molecule has 0 spiro atoms. The number of likely N-dealkylation sites (N-methyl/N-ethyl adjacent to an activating group) is 1. The van der Waals surface area contributed by atoms with Gasteiger partial charge in [-0.15, -0.1) is 0 Å². The fourth-order valence-electron chi connectivity index (χ4n) is 3.02. The molecule has 5 heteroatoms. The molecule has 1 aliphatic rings. The Balaban J connectivity index is 1.84. The quantitative estimate of drug-likeness (QED) is 0.747. The molecule has 0 saturated carbocycles. The van der Waals surface area contributed by atoms with E-state index in [1.165, 1.54) is 0 Å². The second-order valence-corrected chi connectivity index (χ2v) is 5.82. The van der Waals surface area contributed by atoms with Crippen molar-refractivity contribution in [2.75, 3.05) is 26.7 Å². The van der Waals surface area contributed by atoms with Crippen LogP contribution in [0.3, 0.4) is 0 Å². The van der Waals surface area contributed by atoms with Gasteiger partial charge < -0.3 is 15.0 Å². The van der Waals surface area contributed by atoms with Crippen molar-refractivity contribution in [3.05, 3.63) is 29.8 Å². The highest BCUT2D eigenvalue weighted by Crippen LogP contribution is 2.19. The van der Waals surface area contributed by atoms with Crippen molar-refractivity contribution in [2.24, 2.45) is 0 Å². The van der Waals surface area contributed by atoms with Crippen LogP contribution in [0.1, 0.15) is 43.0 Å². The van der Waals surface area contributed by atoms with Crippen LogP contribution in [-0.2, 0) is 4.79 Å². The second kappa shape index (κ2) is 8.67. The molecule has 0 aliphatic carbocycles. The van der Waals surface area contributed by atoms with Crippen LogP contribution >= 0.6 is 0 Å². The van der Waals surface area contributed by atoms with Gasteiger partial charge in [-0.3, -0.25) is 9.59 Å². The highest BCUT2D eigenvalue weighted by Gasteiger charge is 2.27. The number of carbonyl (C=O) groups is 2. The molecule has 1 unspecified atom stereocenters. The monoisotopic (exact) mass is 318 g/mol. The van der Waals surface area contributed by atoms with Gasteiger partial charge in [0.05, 0.1) is 6.61 Å². The molecule has 1 fully saturated rings. The number of ether oxygens (including phenoxy) is 1. The Morgan fingerprint density at radius 1 is 1.26 bits per heavy atom. The number of amides is 1. The summed E-state index contributed by atoms with van der Waals surface area (Å²) in [6, 6.07) is 7.38. The molecule has 2 rings (SSSR count). The number of hydrogen-bond acceptors (Lipinski definition) is 4. The first kappa shape index (κ1) is 17.5. The van der Waals surface area contributed by atoms with Gasteiger partial charge in [0.15, 0.2) is 5.78 Å². The topological polar surface area (TPSA) is 58.6 Å². The summed E-state index contributed by atoms with van der Waals surface area (Å²) in [5.41, 5.74) is 0.634. The molecule has 1 aromatic rings. The van der Waals surface area contributed by atoms with E-state index in [1.807, 2.05) is 18.9 Å². The summed E-state index contributed by atoms with van der Waals surface area (Å²) in [4.78, 5) is 26.5. The number of rotatable bonds is 8. The largest absolute Gasteiger partial charge is 0.494 e. The van der Waals surface area contributed by atoms with Crippen LogP contribution in [0.4, 0.5) is 0 Å². The number of Topliss-reactive ketones (excluding diaryl/α,β-unsaturated/α-hetero) is 1. The van der Waals surface area contributed by atoms with Gasteiger partial charge in [0.1, 0.15) is 5.75 Å². The average Bonchev–Trinajstić information content (AvgIpc) is 3.02. The van der Waals surface area contributed by atoms with Gasteiger partial charge in [0.25, 0.3) is 0 Å². The smallest absolute Gasteiger partial charge is 0.223 e. The van der Waals surface area contributed by atoms with Gasteiger partial charge in [-0.1, -0.05) is 0 Å². The van der Waals surface area contributed by atoms with E-state index in [0.717, 1.165) is 31.7 Å². The molecule has 1 heterocycles. The maximum Gasteiger partial charge on any atom is 0.223 e. The third kappa shape index (κ3) is 4.79. The fourth-order valence-corrected chi connectivity index (χ4v) is 3.02. The van der Waals surface area contributed by atoms with E-state index >= 15 is 0 Å². The van der Waals surface area contributed by atoms with Gasteiger partial charge in [-0.2, -0.15) is 0 Å². The van der Waals surface area contributed by atoms with Gasteiger partial charge >= 0.3 is 0 Å². The van der Waals surface area contributed by atoms with Crippen molar-refractivity contribution >= 4 is 11.7 Å². The van der Waals surface area contributed by atoms with Crippen molar-refractivity contribution < 1.29 is 14.3 Å². The van der Waals surface area contributed by atoms with Crippen molar-refractivity contribution in [1.29, 1.82) is 0 Å². The number of carbonyl (C=O) groups excluding carboxylic acids is 2. The minimum Gasteiger partial charge on any atom is -0.494 e. The van der Waals surface area contributed by atoms with Gasteiger partial charge in [-0.05, 0) is 51.1 Å². The van der Waals surface area contributed by atoms with E-state index in [2.05, 4.69) is 5.32 Å². The van der Waals surface area contributed by atoms with Crippen molar-refractivity contribution in [3.63, 3.8) is 0 Å². The summed E-state index contributed by atoms with van der Waals surface area (Å²) < 4.78 is 5.36. The highest BCUT2D eigenvalue weighted by molar-refractivity contribution is 5.98. The number of nitrogens with zero attached hydrogens (tertiary/aromatic N) is 1. The van der Waals surface area contributed by atoms with Gasteiger partial charge in [0.2, 0.25) is 5.91 Å². The molecule has 1 N–H and O–H groups in total. The van der Waals surface area contributed by atoms with Crippen molar-refractivity contribution in [1.82, 2.24) is 10.2 Å². The number of benzene rings is 1. The van der Waals surface area contributed by atoms with Crippen LogP contribution in [0.5, 0.6) is 5.75 Å². The summed E-state index contributed by atoms with van der Waals surface area (Å²) in [7, 11) is 1.90. The molecular formula is C18H26N2O3. The lowest BCUT2D eigenvalue weighted by atomic mass is 10.1. The van der Waals surface area contributed by atoms with Crippen molar-refractivity contribution in [3.8, 4) is 5.75 Å². The Morgan fingerprint density at radius 3 is 2.65 bits per heavy atom. The predicted molar refractivity (Wildman–Crippen MR) is 89.8 cm³/mol. The lowest BCUT2D eigenvalue weighted by Gasteiger charge is -2.24. The minimum absolute atomic E-state index is 0.00534. The fraction of sp³-hybridized carbons (Fsp3) is 0.556. The second-order valence-electron chi connectivity index (χ2n) is 5.82. The average molecular weight is 318 g/mol. The molecule has 1 amide bonds. The Bertz CT molecular complexity index is 528. The summed E-state index contributed by atoms with van der Waals surface area (Å²) in [5, 5.41) is 3.13. The molecular weight excluding hydrogens is 292 g/mol. The molecule has 1 atom stereocenters. The highest BCUT2D eigenvalue weighted by atomic mass is 16.5. The van der Waals surface area contributed by atoms with E-state index in [-0.39, 0.29) is 30.6 Å². The van der Waals surface area contributed by atoms with Crippen LogP contribution in [0.25, 0.3) is 0 Å². The van der Waals surface area contributed by atoms with E-state index in [1.54, 1.807) is 24.3 Å². The first-order valence-electron chi connectivity index (χ1n) is 8.35. The Hall–Kier alpha value is -1.88. The third-order valence-corrected chi connectivity index (χ3v) is 4.19. The van der Waals surface area contributed by atoms with E-state index in [4.69, 9.17) is 4.74 Å². The number of ketones is 1. The van der Waals surface area contributed by atoms with Gasteiger partial charge in [0, 0.05) is 37.5 Å². The van der Waals surface area contributed by atoms with E-state index in [9.17, 15) is 9.59 Å². The molecule has 23 heavy (non-hydrogen) atoms. The lowest BCUT2D eigenvalue weighted by Crippen LogP contribution is -2.40. The number of likely N-dealkylation sites (tertiary alicyclic amines) is 1. The number of nitrogens with one attached hydrogen (secondary N) is 1. The normalized spacial score (nSPS) is 17.3. The molecule has 0 aromatic heterocycles. The molecule has 5 nitrogen and oxygen atoms in total. The molecule has 1 saturated heterocycles. The number of hydrogen-bond donors (Lipinski definition) is 1. The zero-order chi connectivity index (χ0) is 16.7. The van der Waals surface area contributed by atoms with E-state index in [0.29, 0.717) is 12.2 Å². The van der Waals surface area contributed by atoms with E-state index < -0.39 is 0 Å². The lowest BCUT2D eigenvalue weighted by molar-refractivity contribution is -0.131. The SMILES string of the molecule is CCOc1ccc(C(=O)CCC(=O)N2CCCC2CNC)cc1. The molecule has 126 valence electrons. The molecule has 0 bridgehead atoms. The third-order valence-electron chi connectivity index (χ3n) is 4.19. The van der Waals surface area contributed by atoms with Crippen LogP contribution < -0.4 is 10.1 Å². The Labute approximate surface area is 138 Å². The molecule has 1 aromatic carbocycles. The Kier molecular flexibility index (Phi) is 6.59. The zero-order valence-electron chi connectivity index (χ0n) is 14.0. The first-order chi connectivity index (χ1) is 11.2. The Morgan fingerprint density at radius 2 is 2.00 bits per heavy atom. The summed E-state index contributed by atoms with van der Waals surface area (Å²) in [5.74, 6) is 0.847. The summed E-state index contributed by atoms with van der Waals surface area (Å²) in [6.07, 6.45) is 2.63. The minimum atomic E-state index is 0.00534. The van der Waals surface area contributed by atoms with Crippen LogP contribution in [-0.4, -0.2) is 49.4 Å². The maximum absolute atomic E-state index is 12.3. The van der Waals surface area contributed by atoms with Gasteiger partial charge in [-0.25, -0.2) is 0 Å². The maximum atomic E-state index is 12.3.